The van der Waals surface area contributed by atoms with Crippen molar-refractivity contribution in [1.29, 1.82) is 0 Å². The van der Waals surface area contributed by atoms with Gasteiger partial charge in [0.15, 0.2) is 0 Å². The molecule has 0 radical (unpaired) electrons. The van der Waals surface area contributed by atoms with Crippen LogP contribution in [0.5, 0.6) is 0 Å². The average Bonchev–Trinajstić information content (AvgIpc) is 2.18. The van der Waals surface area contributed by atoms with Crippen LogP contribution < -0.4 is 0 Å². The first-order valence-electron chi connectivity index (χ1n) is 4.47. The van der Waals surface area contributed by atoms with E-state index in [-0.39, 0.29) is 12.4 Å². The van der Waals surface area contributed by atoms with Crippen LogP contribution in [0.1, 0.15) is 12.5 Å². The second kappa shape index (κ2) is 5.41. The maximum Gasteiger partial charge on any atom is 0.334 e. The second-order valence-corrected chi connectivity index (χ2v) is 3.17. The summed E-state index contributed by atoms with van der Waals surface area (Å²) >= 11 is 5.83. The first-order chi connectivity index (χ1) is 7.15. The lowest BCUT2D eigenvalue weighted by atomic mass is 10.2. The van der Waals surface area contributed by atoms with Crippen molar-refractivity contribution in [2.45, 2.75) is 6.92 Å². The zero-order valence-corrected chi connectivity index (χ0v) is 8.99. The van der Waals surface area contributed by atoms with Crippen LogP contribution in [0.15, 0.2) is 30.3 Å². The molecule has 0 saturated carbocycles. The predicted molar refractivity (Wildman–Crippen MR) is 58.7 cm³/mol. The Bertz CT molecular complexity index is 385. The molecule has 0 heterocycles. The van der Waals surface area contributed by atoms with Gasteiger partial charge in [0, 0.05) is 5.56 Å². The average molecular weight is 227 g/mol. The number of aliphatic hydroxyl groups is 1. The molecule has 1 rings (SSSR count). The van der Waals surface area contributed by atoms with Gasteiger partial charge in [0.05, 0.1) is 17.7 Å². The molecule has 4 heteroatoms. The van der Waals surface area contributed by atoms with Crippen molar-refractivity contribution in [2.24, 2.45) is 0 Å². The van der Waals surface area contributed by atoms with E-state index in [4.69, 9.17) is 11.6 Å². The summed E-state index contributed by atoms with van der Waals surface area (Å²) in [4.78, 5) is 11.0. The van der Waals surface area contributed by atoms with Crippen molar-refractivity contribution in [3.8, 4) is 0 Å². The molecule has 0 aliphatic heterocycles. The summed E-state index contributed by atoms with van der Waals surface area (Å²) in [5.74, 6) is -0.783. The molecule has 1 aromatic rings. The normalized spacial score (nSPS) is 11.2. The molecule has 0 aromatic heterocycles. The lowest BCUT2D eigenvalue weighted by Gasteiger charge is -2.02. The molecule has 1 aromatic carbocycles. The molecule has 1 N–H and O–H groups in total. The fraction of sp³-hybridized carbons (Fsp3) is 0.182. The number of esters is 1. The van der Waals surface area contributed by atoms with Crippen LogP contribution in [0.3, 0.4) is 0 Å². The fourth-order valence-corrected chi connectivity index (χ4v) is 1.27. The minimum absolute atomic E-state index is 0.195. The maximum atomic E-state index is 11.0. The monoisotopic (exact) mass is 226 g/mol. The Morgan fingerprint density at radius 1 is 1.53 bits per heavy atom. The molecule has 0 amide bonds. The van der Waals surface area contributed by atoms with Crippen LogP contribution in [-0.2, 0) is 9.53 Å². The second-order valence-electron chi connectivity index (χ2n) is 2.76. The summed E-state index contributed by atoms with van der Waals surface area (Å²) in [5.41, 5.74) is 0.409. The van der Waals surface area contributed by atoms with Gasteiger partial charge in [-0.05, 0) is 19.1 Å². The Kier molecular flexibility index (Phi) is 4.18. The van der Waals surface area contributed by atoms with Gasteiger partial charge < -0.3 is 9.84 Å². The van der Waals surface area contributed by atoms with Crippen LogP contribution in [0, 0.1) is 0 Å². The lowest BCUT2D eigenvalue weighted by molar-refractivity contribution is -0.137. The summed E-state index contributed by atoms with van der Waals surface area (Å²) in [6, 6.07) is 6.71. The van der Waals surface area contributed by atoms with Crippen molar-refractivity contribution in [1.82, 2.24) is 0 Å². The maximum absolute atomic E-state index is 11.0. The van der Waals surface area contributed by atoms with Gasteiger partial charge in [0.2, 0.25) is 0 Å². The van der Waals surface area contributed by atoms with E-state index in [9.17, 15) is 9.90 Å². The molecular formula is C11H11ClO3. The number of carbonyl (C=O) groups excluding carboxylic acids is 1. The zero-order chi connectivity index (χ0) is 11.3. The summed E-state index contributed by atoms with van der Waals surface area (Å²) in [7, 11) is 0. The molecule has 0 bridgehead atoms. The van der Waals surface area contributed by atoms with Crippen LogP contribution in [0.25, 0.3) is 5.76 Å². The van der Waals surface area contributed by atoms with Crippen LogP contribution >= 0.6 is 11.6 Å². The van der Waals surface area contributed by atoms with Gasteiger partial charge in [-0.25, -0.2) is 4.79 Å². The van der Waals surface area contributed by atoms with Gasteiger partial charge >= 0.3 is 5.97 Å². The minimum atomic E-state index is -0.588. The Hall–Kier alpha value is -1.48. The third kappa shape index (κ3) is 3.29. The van der Waals surface area contributed by atoms with Crippen LogP contribution in [0.4, 0.5) is 0 Å². The standard InChI is InChI=1S/C11H11ClO3/c1-2-15-11(14)7-10(13)8-5-3-4-6-9(8)12/h3-7,13H,2H2,1H3. The van der Waals surface area contributed by atoms with Crippen LogP contribution in [0.2, 0.25) is 5.02 Å². The molecule has 0 unspecified atom stereocenters. The van der Waals surface area contributed by atoms with E-state index in [1.54, 1.807) is 31.2 Å². The molecule has 0 aliphatic carbocycles. The predicted octanol–water partition coefficient (Wildman–Crippen LogP) is 2.80. The van der Waals surface area contributed by atoms with Crippen molar-refractivity contribution in [2.75, 3.05) is 6.61 Å². The molecule has 80 valence electrons. The van der Waals surface area contributed by atoms with Crippen molar-refractivity contribution in [3.63, 3.8) is 0 Å². The highest BCUT2D eigenvalue weighted by Crippen LogP contribution is 2.21. The van der Waals surface area contributed by atoms with Crippen molar-refractivity contribution < 1.29 is 14.6 Å². The molecular weight excluding hydrogens is 216 g/mol. The van der Waals surface area contributed by atoms with Gasteiger partial charge in [-0.3, -0.25) is 0 Å². The summed E-state index contributed by atoms with van der Waals surface area (Å²) in [6.07, 6.45) is 1.00. The van der Waals surface area contributed by atoms with Crippen LogP contribution in [-0.4, -0.2) is 17.7 Å². The number of hydrogen-bond donors (Lipinski definition) is 1. The quantitative estimate of drug-likeness (QED) is 0.490. The third-order valence-electron chi connectivity index (χ3n) is 1.69. The SMILES string of the molecule is CCOC(=O)C=C(O)c1ccccc1Cl. The third-order valence-corrected chi connectivity index (χ3v) is 2.02. The van der Waals surface area contributed by atoms with Gasteiger partial charge in [0.1, 0.15) is 5.76 Å². The van der Waals surface area contributed by atoms with E-state index in [2.05, 4.69) is 4.74 Å². The molecule has 3 nitrogen and oxygen atoms in total. The molecule has 0 saturated heterocycles. The molecule has 15 heavy (non-hydrogen) atoms. The first-order valence-corrected chi connectivity index (χ1v) is 4.85. The highest BCUT2D eigenvalue weighted by molar-refractivity contribution is 6.32. The number of aliphatic hydroxyl groups excluding tert-OH is 1. The Labute approximate surface area is 92.9 Å². The number of rotatable bonds is 3. The number of halogens is 1. The summed E-state index contributed by atoms with van der Waals surface area (Å²) < 4.78 is 4.66. The summed E-state index contributed by atoms with van der Waals surface area (Å²) in [6.45, 7) is 1.96. The van der Waals surface area contributed by atoms with Crippen molar-refractivity contribution >= 4 is 23.3 Å². The van der Waals surface area contributed by atoms with E-state index in [1.807, 2.05) is 0 Å². The molecule has 0 aliphatic rings. The van der Waals surface area contributed by atoms with Gasteiger partial charge in [-0.15, -0.1) is 0 Å². The molecule has 0 fully saturated rings. The Balaban J connectivity index is 2.89. The van der Waals surface area contributed by atoms with E-state index >= 15 is 0 Å². The van der Waals surface area contributed by atoms with Crippen molar-refractivity contribution in [3.05, 3.63) is 40.9 Å². The van der Waals surface area contributed by atoms with Gasteiger partial charge in [-0.1, -0.05) is 23.7 Å². The fourth-order valence-electron chi connectivity index (χ4n) is 1.04. The number of hydrogen-bond acceptors (Lipinski definition) is 3. The number of carbonyl (C=O) groups is 1. The van der Waals surface area contributed by atoms with E-state index < -0.39 is 5.97 Å². The largest absolute Gasteiger partial charge is 0.507 e. The highest BCUT2D eigenvalue weighted by atomic mass is 35.5. The number of benzene rings is 1. The van der Waals surface area contributed by atoms with E-state index in [1.165, 1.54) is 0 Å². The first kappa shape index (κ1) is 11.6. The molecule has 0 atom stereocenters. The zero-order valence-electron chi connectivity index (χ0n) is 8.24. The smallest absolute Gasteiger partial charge is 0.334 e. The van der Waals surface area contributed by atoms with E-state index in [0.717, 1.165) is 6.08 Å². The Morgan fingerprint density at radius 3 is 2.80 bits per heavy atom. The van der Waals surface area contributed by atoms with Gasteiger partial charge in [-0.2, -0.15) is 0 Å². The lowest BCUT2D eigenvalue weighted by Crippen LogP contribution is -2.01. The Morgan fingerprint density at radius 2 is 2.20 bits per heavy atom. The summed E-state index contributed by atoms with van der Waals surface area (Å²) in [5, 5.41) is 9.96. The van der Waals surface area contributed by atoms with Gasteiger partial charge in [0.25, 0.3) is 0 Å². The van der Waals surface area contributed by atoms with E-state index in [0.29, 0.717) is 10.6 Å². The molecule has 0 spiro atoms. The number of ether oxygens (including phenoxy) is 1. The minimum Gasteiger partial charge on any atom is -0.507 e. The topological polar surface area (TPSA) is 46.5 Å². The highest BCUT2D eigenvalue weighted by Gasteiger charge is 2.06.